The van der Waals surface area contributed by atoms with Crippen LogP contribution in [0.15, 0.2) is 47.4 Å². The van der Waals surface area contributed by atoms with Gasteiger partial charge in [-0.15, -0.1) is 0 Å². The molecule has 0 radical (unpaired) electrons. The number of sulfonamides is 1. The van der Waals surface area contributed by atoms with Gasteiger partial charge >= 0.3 is 0 Å². The van der Waals surface area contributed by atoms with Crippen molar-refractivity contribution in [1.82, 2.24) is 9.21 Å². The molecule has 0 aliphatic rings. The second-order valence-corrected chi connectivity index (χ2v) is 10.1. The zero-order chi connectivity index (χ0) is 24.8. The van der Waals surface area contributed by atoms with Gasteiger partial charge in [0.05, 0.1) is 17.6 Å². The third-order valence-corrected chi connectivity index (χ3v) is 7.52. The number of hydrogen-bond donors (Lipinski definition) is 1. The topological polar surface area (TPSA) is 70.1 Å². The maximum Gasteiger partial charge on any atom is 0.243 e. The Morgan fingerprint density at radius 2 is 1.61 bits per heavy atom. The van der Waals surface area contributed by atoms with Gasteiger partial charge in [-0.25, -0.2) is 21.6 Å². The number of aliphatic hydroxyl groups excluding tert-OH is 1. The summed E-state index contributed by atoms with van der Waals surface area (Å²) >= 11 is 0. The summed E-state index contributed by atoms with van der Waals surface area (Å²) in [4.78, 5) is 1.68. The van der Waals surface area contributed by atoms with Crippen LogP contribution in [0.3, 0.4) is 0 Å². The van der Waals surface area contributed by atoms with Gasteiger partial charge in [0.25, 0.3) is 0 Å². The molecule has 6 nitrogen and oxygen atoms in total. The number of likely N-dealkylation sites (N-methyl/N-ethyl adjacent to an activating group) is 1. The second kappa shape index (κ2) is 11.9. The fourth-order valence-electron chi connectivity index (χ4n) is 3.56. The average molecular weight is 489 g/mol. The molecular weight excluding hydrogens is 457 g/mol. The highest BCUT2D eigenvalue weighted by molar-refractivity contribution is 7.89. The van der Waals surface area contributed by atoms with E-state index in [1.807, 2.05) is 6.92 Å². The summed E-state index contributed by atoms with van der Waals surface area (Å²) in [6, 6.07) is 7.03. The molecule has 2 aromatic carbocycles. The predicted molar refractivity (Wildman–Crippen MR) is 119 cm³/mol. The Kier molecular flexibility index (Phi) is 9.86. The molecule has 0 spiro atoms. The number of halogens is 3. The van der Waals surface area contributed by atoms with E-state index in [9.17, 15) is 26.7 Å². The standard InChI is InChI=1S/C23H31F3N2O4S/c1-16(23(32-4)14-27(3)13-18-11-20(25)7-10-22(18)26)12-28(17(2)15-29)33(30,31)21-8-5-19(24)6-9-21/h5-11,16-17,23,29H,12-15H2,1-4H3/t16-,17-,23+/m0/s1. The lowest BCUT2D eigenvalue weighted by molar-refractivity contribution is 0.0219. The lowest BCUT2D eigenvalue weighted by Crippen LogP contribution is -2.46. The Balaban J connectivity index is 2.16. The summed E-state index contributed by atoms with van der Waals surface area (Å²) in [6.07, 6.45) is -0.441. The number of methoxy groups -OCH3 is 1. The Hall–Kier alpha value is -1.98. The molecule has 2 aromatic rings. The SMILES string of the molecule is CO[C@H](CN(C)Cc1cc(F)ccc1F)[C@@H](C)CN([C@@H](C)CO)S(=O)(=O)c1ccc(F)cc1. The maximum absolute atomic E-state index is 14.0. The zero-order valence-electron chi connectivity index (χ0n) is 19.2. The molecule has 0 fully saturated rings. The molecule has 0 aliphatic heterocycles. The summed E-state index contributed by atoms with van der Waals surface area (Å²) in [5, 5.41) is 9.65. The molecule has 0 aliphatic carbocycles. The van der Waals surface area contributed by atoms with Crippen LogP contribution in [0.4, 0.5) is 13.2 Å². The van der Waals surface area contributed by atoms with Gasteiger partial charge < -0.3 is 9.84 Å². The van der Waals surface area contributed by atoms with Crippen molar-refractivity contribution in [2.24, 2.45) is 5.92 Å². The minimum absolute atomic E-state index is 0.0299. The summed E-state index contributed by atoms with van der Waals surface area (Å²) in [5.74, 6) is -1.92. The average Bonchev–Trinajstić information content (AvgIpc) is 2.77. The van der Waals surface area contributed by atoms with Crippen molar-refractivity contribution in [1.29, 1.82) is 0 Å². The lowest BCUT2D eigenvalue weighted by atomic mass is 10.0. The monoisotopic (exact) mass is 488 g/mol. The first kappa shape index (κ1) is 27.3. The number of nitrogens with zero attached hydrogens (tertiary/aromatic N) is 2. The highest BCUT2D eigenvalue weighted by Crippen LogP contribution is 2.22. The van der Waals surface area contributed by atoms with Crippen LogP contribution in [0.1, 0.15) is 19.4 Å². The molecule has 0 heterocycles. The third kappa shape index (κ3) is 7.25. The molecule has 3 atom stereocenters. The Morgan fingerprint density at radius 1 is 1.00 bits per heavy atom. The first-order valence-corrected chi connectivity index (χ1v) is 12.0. The molecule has 0 saturated carbocycles. The first-order chi connectivity index (χ1) is 15.5. The van der Waals surface area contributed by atoms with Gasteiger partial charge in [-0.05, 0) is 62.4 Å². The molecule has 0 unspecified atom stereocenters. The van der Waals surface area contributed by atoms with E-state index in [2.05, 4.69) is 0 Å². The minimum atomic E-state index is -4.01. The van der Waals surface area contributed by atoms with Crippen LogP contribution in [0, 0.1) is 23.4 Å². The van der Waals surface area contributed by atoms with Crippen LogP contribution in [0.25, 0.3) is 0 Å². The van der Waals surface area contributed by atoms with Gasteiger partial charge in [0.2, 0.25) is 10.0 Å². The summed E-state index contributed by atoms with van der Waals surface area (Å²) in [5.41, 5.74) is 0.203. The van der Waals surface area contributed by atoms with Crippen LogP contribution in [0.5, 0.6) is 0 Å². The largest absolute Gasteiger partial charge is 0.395 e. The van der Waals surface area contributed by atoms with E-state index in [4.69, 9.17) is 4.74 Å². The molecule has 33 heavy (non-hydrogen) atoms. The van der Waals surface area contributed by atoms with Crippen LogP contribution in [0.2, 0.25) is 0 Å². The van der Waals surface area contributed by atoms with Crippen LogP contribution < -0.4 is 0 Å². The third-order valence-electron chi connectivity index (χ3n) is 5.52. The van der Waals surface area contributed by atoms with E-state index >= 15 is 0 Å². The molecule has 0 aromatic heterocycles. The van der Waals surface area contributed by atoms with Gasteiger partial charge in [-0.3, -0.25) is 4.90 Å². The van der Waals surface area contributed by atoms with E-state index in [0.717, 1.165) is 30.3 Å². The summed E-state index contributed by atoms with van der Waals surface area (Å²) < 4.78 is 73.8. The van der Waals surface area contributed by atoms with Crippen molar-refractivity contribution >= 4 is 10.0 Å². The number of aliphatic hydroxyl groups is 1. The Bertz CT molecular complexity index is 1010. The lowest BCUT2D eigenvalue weighted by Gasteiger charge is -2.33. The van der Waals surface area contributed by atoms with Crippen molar-refractivity contribution in [2.75, 3.05) is 33.9 Å². The zero-order valence-corrected chi connectivity index (χ0v) is 20.0. The Morgan fingerprint density at radius 3 is 2.18 bits per heavy atom. The van der Waals surface area contributed by atoms with E-state index in [0.29, 0.717) is 6.54 Å². The highest BCUT2D eigenvalue weighted by atomic mass is 32.2. The first-order valence-electron chi connectivity index (χ1n) is 10.5. The van der Waals surface area contributed by atoms with Crippen molar-refractivity contribution < 1.29 is 31.4 Å². The predicted octanol–water partition coefficient (Wildman–Crippen LogP) is 3.26. The maximum atomic E-state index is 14.0. The molecule has 184 valence electrons. The highest BCUT2D eigenvalue weighted by Gasteiger charge is 2.32. The summed E-state index contributed by atoms with van der Waals surface area (Å²) in [7, 11) is -0.786. The number of hydrogen-bond acceptors (Lipinski definition) is 5. The smallest absolute Gasteiger partial charge is 0.243 e. The molecule has 0 saturated heterocycles. The molecule has 0 amide bonds. The minimum Gasteiger partial charge on any atom is -0.395 e. The van der Waals surface area contributed by atoms with Gasteiger partial charge in [-0.2, -0.15) is 4.31 Å². The number of rotatable bonds is 12. The van der Waals surface area contributed by atoms with E-state index in [1.54, 1.807) is 18.9 Å². The van der Waals surface area contributed by atoms with E-state index in [1.165, 1.54) is 23.5 Å². The molecule has 2 rings (SSSR count). The van der Waals surface area contributed by atoms with Crippen molar-refractivity contribution in [3.8, 4) is 0 Å². The van der Waals surface area contributed by atoms with E-state index < -0.39 is 46.2 Å². The second-order valence-electron chi connectivity index (χ2n) is 8.24. The summed E-state index contributed by atoms with van der Waals surface area (Å²) in [6.45, 7) is 3.48. The van der Waals surface area contributed by atoms with Crippen LogP contribution in [-0.2, 0) is 21.3 Å². The fourth-order valence-corrected chi connectivity index (χ4v) is 5.29. The number of ether oxygens (including phenoxy) is 1. The Labute approximate surface area is 193 Å². The number of benzene rings is 2. The van der Waals surface area contributed by atoms with Crippen LogP contribution in [-0.4, -0.2) is 68.7 Å². The van der Waals surface area contributed by atoms with Gasteiger partial charge in [0, 0.05) is 38.3 Å². The quantitative estimate of drug-likeness (QED) is 0.497. The molecule has 10 heteroatoms. The van der Waals surface area contributed by atoms with E-state index in [-0.39, 0.29) is 29.5 Å². The van der Waals surface area contributed by atoms with Crippen LogP contribution >= 0.6 is 0 Å². The molecule has 1 N–H and O–H groups in total. The molecule has 0 bridgehead atoms. The normalized spacial score (nSPS) is 15.1. The van der Waals surface area contributed by atoms with Gasteiger partial charge in [0.15, 0.2) is 0 Å². The van der Waals surface area contributed by atoms with Crippen molar-refractivity contribution in [3.05, 3.63) is 65.5 Å². The van der Waals surface area contributed by atoms with Crippen molar-refractivity contribution in [2.45, 2.75) is 37.4 Å². The molecular formula is C23H31F3N2O4S. The fraction of sp³-hybridized carbons (Fsp3) is 0.478. The van der Waals surface area contributed by atoms with Gasteiger partial charge in [0.1, 0.15) is 17.5 Å². The van der Waals surface area contributed by atoms with Crippen molar-refractivity contribution in [3.63, 3.8) is 0 Å². The van der Waals surface area contributed by atoms with Gasteiger partial charge in [-0.1, -0.05) is 6.92 Å².